The van der Waals surface area contributed by atoms with Gasteiger partial charge in [-0.25, -0.2) is 0 Å². The molecular weight excluding hydrogens is 274 g/mol. The van der Waals surface area contributed by atoms with Gasteiger partial charge in [-0.3, -0.25) is 4.79 Å². The summed E-state index contributed by atoms with van der Waals surface area (Å²) in [4.78, 5) is 12.3. The first-order valence-corrected chi connectivity index (χ1v) is 7.57. The van der Waals surface area contributed by atoms with Gasteiger partial charge >= 0.3 is 0 Å². The Morgan fingerprint density at radius 3 is 2.23 bits per heavy atom. The van der Waals surface area contributed by atoms with E-state index in [9.17, 15) is 4.79 Å². The first kappa shape index (κ1) is 16.1. The molecule has 1 amide bonds. The van der Waals surface area contributed by atoms with E-state index >= 15 is 0 Å². The number of ether oxygens (including phenoxy) is 1. The molecule has 116 valence electrons. The second-order valence-corrected chi connectivity index (χ2v) is 5.72. The number of methoxy groups -OCH3 is 1. The van der Waals surface area contributed by atoms with Gasteiger partial charge in [-0.1, -0.05) is 56.3 Å². The zero-order chi connectivity index (χ0) is 15.9. The van der Waals surface area contributed by atoms with Crippen molar-refractivity contribution in [3.05, 3.63) is 65.7 Å². The van der Waals surface area contributed by atoms with Crippen LogP contribution in [0.25, 0.3) is 0 Å². The Balaban J connectivity index is 2.02. The lowest BCUT2D eigenvalue weighted by Crippen LogP contribution is -2.32. The molecule has 0 heterocycles. The predicted octanol–water partition coefficient (Wildman–Crippen LogP) is 3.75. The van der Waals surface area contributed by atoms with Crippen molar-refractivity contribution in [2.75, 3.05) is 7.11 Å². The monoisotopic (exact) mass is 297 g/mol. The molecule has 0 radical (unpaired) electrons. The lowest BCUT2D eigenvalue weighted by molar-refractivity contribution is -0.121. The molecule has 0 spiro atoms. The van der Waals surface area contributed by atoms with E-state index in [1.54, 1.807) is 7.11 Å². The Bertz CT molecular complexity index is 591. The van der Waals surface area contributed by atoms with Gasteiger partial charge in [0.05, 0.1) is 19.6 Å². The third-order valence-corrected chi connectivity index (χ3v) is 3.67. The molecule has 0 unspecified atom stereocenters. The maximum atomic E-state index is 12.3. The van der Waals surface area contributed by atoms with Crippen molar-refractivity contribution in [3.8, 4) is 5.75 Å². The van der Waals surface area contributed by atoms with Crippen molar-refractivity contribution in [1.29, 1.82) is 0 Å². The van der Waals surface area contributed by atoms with Crippen LogP contribution in [-0.4, -0.2) is 13.0 Å². The summed E-state index contributed by atoms with van der Waals surface area (Å²) < 4.78 is 5.13. The molecule has 1 atom stereocenters. The molecule has 2 rings (SSSR count). The number of carbonyl (C=O) groups excluding carboxylic acids is 1. The molecular formula is C19H23NO2. The van der Waals surface area contributed by atoms with Crippen LogP contribution in [0.4, 0.5) is 0 Å². The highest BCUT2D eigenvalue weighted by atomic mass is 16.5. The molecule has 3 nitrogen and oxygen atoms in total. The Kier molecular flexibility index (Phi) is 5.59. The van der Waals surface area contributed by atoms with Crippen LogP contribution in [0.5, 0.6) is 5.75 Å². The van der Waals surface area contributed by atoms with E-state index in [4.69, 9.17) is 4.74 Å². The van der Waals surface area contributed by atoms with Crippen molar-refractivity contribution >= 4 is 5.91 Å². The van der Waals surface area contributed by atoms with E-state index in [0.717, 1.165) is 16.9 Å². The van der Waals surface area contributed by atoms with Gasteiger partial charge in [0, 0.05) is 0 Å². The fraction of sp³-hybridized carbons (Fsp3) is 0.316. The summed E-state index contributed by atoms with van der Waals surface area (Å²) >= 11 is 0. The third kappa shape index (κ3) is 4.35. The second-order valence-electron chi connectivity index (χ2n) is 5.72. The maximum absolute atomic E-state index is 12.3. The lowest BCUT2D eigenvalue weighted by Gasteiger charge is -2.23. The van der Waals surface area contributed by atoms with Gasteiger partial charge in [0.2, 0.25) is 5.91 Å². The summed E-state index contributed by atoms with van der Waals surface area (Å²) in [6.45, 7) is 4.23. The van der Waals surface area contributed by atoms with Crippen LogP contribution in [0.3, 0.4) is 0 Å². The molecule has 0 aliphatic heterocycles. The zero-order valence-corrected chi connectivity index (χ0v) is 13.4. The molecule has 0 aliphatic rings. The first-order valence-electron chi connectivity index (χ1n) is 7.57. The molecule has 22 heavy (non-hydrogen) atoms. The van der Waals surface area contributed by atoms with Gasteiger partial charge in [0.15, 0.2) is 0 Å². The van der Waals surface area contributed by atoms with E-state index in [2.05, 4.69) is 31.3 Å². The summed E-state index contributed by atoms with van der Waals surface area (Å²) in [5.74, 6) is 1.17. The normalized spacial score (nSPS) is 12.0. The van der Waals surface area contributed by atoms with Crippen molar-refractivity contribution < 1.29 is 9.53 Å². The van der Waals surface area contributed by atoms with E-state index < -0.39 is 0 Å². The summed E-state index contributed by atoms with van der Waals surface area (Å²) in [6.07, 6.45) is 0.375. The van der Waals surface area contributed by atoms with Gasteiger partial charge in [-0.2, -0.15) is 0 Å². The van der Waals surface area contributed by atoms with Crippen LogP contribution in [0, 0.1) is 5.92 Å². The number of benzene rings is 2. The summed E-state index contributed by atoms with van der Waals surface area (Å²) in [6, 6.07) is 17.7. The van der Waals surface area contributed by atoms with E-state index in [-0.39, 0.29) is 11.9 Å². The number of carbonyl (C=O) groups is 1. The maximum Gasteiger partial charge on any atom is 0.224 e. The Labute approximate surface area is 132 Å². The molecule has 0 bridgehead atoms. The topological polar surface area (TPSA) is 38.3 Å². The smallest absolute Gasteiger partial charge is 0.224 e. The quantitative estimate of drug-likeness (QED) is 0.882. The third-order valence-electron chi connectivity index (χ3n) is 3.67. The van der Waals surface area contributed by atoms with E-state index in [1.807, 2.05) is 42.5 Å². The minimum atomic E-state index is 0.0342. The van der Waals surface area contributed by atoms with Crippen molar-refractivity contribution in [2.45, 2.75) is 26.3 Å². The van der Waals surface area contributed by atoms with Gasteiger partial charge in [-0.15, -0.1) is 0 Å². The molecule has 0 saturated heterocycles. The van der Waals surface area contributed by atoms with Crippen LogP contribution in [-0.2, 0) is 11.2 Å². The highest BCUT2D eigenvalue weighted by Crippen LogP contribution is 2.21. The molecule has 0 aromatic heterocycles. The number of amides is 1. The molecule has 2 aromatic carbocycles. The van der Waals surface area contributed by atoms with Gasteiger partial charge in [0.25, 0.3) is 0 Å². The second kappa shape index (κ2) is 7.64. The van der Waals surface area contributed by atoms with Crippen LogP contribution in [0.1, 0.15) is 31.0 Å². The molecule has 0 aliphatic carbocycles. The largest absolute Gasteiger partial charge is 0.497 e. The Morgan fingerprint density at radius 2 is 1.68 bits per heavy atom. The minimum Gasteiger partial charge on any atom is -0.497 e. The number of hydrogen-bond donors (Lipinski definition) is 1. The van der Waals surface area contributed by atoms with Gasteiger partial charge in [-0.05, 0) is 29.2 Å². The van der Waals surface area contributed by atoms with Crippen molar-refractivity contribution in [3.63, 3.8) is 0 Å². The Hall–Kier alpha value is -2.29. The highest BCUT2D eigenvalue weighted by molar-refractivity contribution is 5.79. The van der Waals surface area contributed by atoms with Gasteiger partial charge in [0.1, 0.15) is 5.75 Å². The van der Waals surface area contributed by atoms with Crippen molar-refractivity contribution in [1.82, 2.24) is 5.32 Å². The zero-order valence-electron chi connectivity index (χ0n) is 13.4. The van der Waals surface area contributed by atoms with Crippen molar-refractivity contribution in [2.24, 2.45) is 5.92 Å². The lowest BCUT2D eigenvalue weighted by atomic mass is 9.95. The molecule has 0 fully saturated rings. The molecule has 3 heteroatoms. The van der Waals surface area contributed by atoms with Crippen LogP contribution in [0.15, 0.2) is 54.6 Å². The van der Waals surface area contributed by atoms with Gasteiger partial charge < -0.3 is 10.1 Å². The standard InChI is InChI=1S/C19H23NO2/c1-14(2)19(16-7-5-4-6-8-16)20-18(21)13-15-9-11-17(22-3)12-10-15/h4-12,14,19H,13H2,1-3H3,(H,20,21)/t19-/m1/s1. The summed E-state index contributed by atoms with van der Waals surface area (Å²) in [5, 5.41) is 3.14. The minimum absolute atomic E-state index is 0.0342. The summed E-state index contributed by atoms with van der Waals surface area (Å²) in [7, 11) is 1.63. The van der Waals surface area contributed by atoms with E-state index in [1.165, 1.54) is 0 Å². The summed E-state index contributed by atoms with van der Waals surface area (Å²) in [5.41, 5.74) is 2.12. The fourth-order valence-electron chi connectivity index (χ4n) is 2.45. The predicted molar refractivity (Wildman–Crippen MR) is 88.9 cm³/mol. The SMILES string of the molecule is COc1ccc(CC(=O)N[C@@H](c2ccccc2)C(C)C)cc1. The highest BCUT2D eigenvalue weighted by Gasteiger charge is 2.18. The number of hydrogen-bond acceptors (Lipinski definition) is 2. The number of rotatable bonds is 6. The number of nitrogens with one attached hydrogen (secondary N) is 1. The molecule has 1 N–H and O–H groups in total. The van der Waals surface area contributed by atoms with Crippen LogP contribution >= 0.6 is 0 Å². The van der Waals surface area contributed by atoms with E-state index in [0.29, 0.717) is 12.3 Å². The average Bonchev–Trinajstić information content (AvgIpc) is 2.54. The average molecular weight is 297 g/mol. The molecule has 0 saturated carbocycles. The molecule has 2 aromatic rings. The fourth-order valence-corrected chi connectivity index (χ4v) is 2.45. The van der Waals surface area contributed by atoms with Crippen LogP contribution in [0.2, 0.25) is 0 Å². The van der Waals surface area contributed by atoms with Crippen LogP contribution < -0.4 is 10.1 Å². The first-order chi connectivity index (χ1) is 10.6. The Morgan fingerprint density at radius 1 is 1.05 bits per heavy atom.